The van der Waals surface area contributed by atoms with E-state index in [0.29, 0.717) is 18.6 Å². The molecule has 1 rings (SSSR count). The third-order valence-corrected chi connectivity index (χ3v) is 1.58. The molecule has 0 amide bonds. The number of aliphatic carboxylic acids is 1. The van der Waals surface area contributed by atoms with E-state index in [4.69, 9.17) is 10.2 Å². The van der Waals surface area contributed by atoms with Crippen LogP contribution >= 0.6 is 0 Å². The van der Waals surface area contributed by atoms with E-state index in [2.05, 4.69) is 4.74 Å². The van der Waals surface area contributed by atoms with Gasteiger partial charge in [0.25, 0.3) is 6.47 Å². The van der Waals surface area contributed by atoms with E-state index in [1.807, 2.05) is 0 Å². The summed E-state index contributed by atoms with van der Waals surface area (Å²) in [5.74, 6) is -1.23. The maximum atomic E-state index is 10.2. The number of hydrogen-bond acceptors (Lipinski definition) is 4. The van der Waals surface area contributed by atoms with Crippen LogP contribution in [0.25, 0.3) is 0 Å². The quantitative estimate of drug-likeness (QED) is 0.748. The third-order valence-electron chi connectivity index (χ3n) is 1.58. The average Bonchev–Trinajstić information content (AvgIpc) is 2.31. The van der Waals surface area contributed by atoms with Crippen LogP contribution in [-0.4, -0.2) is 29.3 Å². The number of carbonyl (C=O) groups is 2. The number of aliphatic hydroxyl groups is 1. The molecular formula is C11H14O5. The Hall–Kier alpha value is -1.88. The van der Waals surface area contributed by atoms with Crippen LogP contribution in [0.15, 0.2) is 30.3 Å². The van der Waals surface area contributed by atoms with Gasteiger partial charge in [-0.15, -0.1) is 0 Å². The molecule has 0 aromatic heterocycles. The molecule has 0 aliphatic carbocycles. The molecule has 1 aromatic rings. The number of rotatable bonds is 4. The van der Waals surface area contributed by atoms with Gasteiger partial charge in [0.05, 0.1) is 6.61 Å². The van der Waals surface area contributed by atoms with Crippen LogP contribution in [0.4, 0.5) is 0 Å². The Bertz CT molecular complexity index is 309. The molecule has 0 saturated carbocycles. The lowest BCUT2D eigenvalue weighted by atomic mass is 10.1. The molecule has 1 aromatic carbocycles. The van der Waals surface area contributed by atoms with Gasteiger partial charge in [0.15, 0.2) is 6.10 Å². The number of carboxylic acids is 1. The fourth-order valence-electron chi connectivity index (χ4n) is 0.846. The SMILES string of the molecule is CCOC=O.O=C(O)C(O)c1ccccc1. The fourth-order valence-corrected chi connectivity index (χ4v) is 0.846. The summed E-state index contributed by atoms with van der Waals surface area (Å²) in [6, 6.07) is 8.26. The van der Waals surface area contributed by atoms with Gasteiger partial charge in [0, 0.05) is 0 Å². The van der Waals surface area contributed by atoms with Crippen molar-refractivity contribution < 1.29 is 24.5 Å². The van der Waals surface area contributed by atoms with Crippen LogP contribution in [0.1, 0.15) is 18.6 Å². The van der Waals surface area contributed by atoms with Crippen molar-refractivity contribution in [3.63, 3.8) is 0 Å². The topological polar surface area (TPSA) is 83.8 Å². The summed E-state index contributed by atoms with van der Waals surface area (Å²) < 4.78 is 4.15. The second-order valence-electron chi connectivity index (χ2n) is 2.70. The first-order chi connectivity index (χ1) is 7.63. The maximum Gasteiger partial charge on any atom is 0.337 e. The first-order valence-corrected chi connectivity index (χ1v) is 4.64. The smallest absolute Gasteiger partial charge is 0.337 e. The largest absolute Gasteiger partial charge is 0.479 e. The zero-order valence-electron chi connectivity index (χ0n) is 8.87. The summed E-state index contributed by atoms with van der Waals surface area (Å²) in [5.41, 5.74) is 0.403. The minimum absolute atomic E-state index is 0.403. The van der Waals surface area contributed by atoms with Crippen molar-refractivity contribution in [1.82, 2.24) is 0 Å². The third kappa shape index (κ3) is 5.77. The van der Waals surface area contributed by atoms with Crippen LogP contribution < -0.4 is 0 Å². The highest BCUT2D eigenvalue weighted by molar-refractivity contribution is 5.73. The van der Waals surface area contributed by atoms with E-state index in [1.165, 1.54) is 0 Å². The van der Waals surface area contributed by atoms with Crippen molar-refractivity contribution in [3.05, 3.63) is 35.9 Å². The van der Waals surface area contributed by atoms with Crippen LogP contribution in [0, 0.1) is 0 Å². The van der Waals surface area contributed by atoms with Gasteiger partial charge >= 0.3 is 5.97 Å². The summed E-state index contributed by atoms with van der Waals surface area (Å²) in [6.45, 7) is 2.66. The Labute approximate surface area is 93.3 Å². The molecule has 1 unspecified atom stereocenters. The summed E-state index contributed by atoms with van der Waals surface area (Å²) in [7, 11) is 0. The highest BCUT2D eigenvalue weighted by Crippen LogP contribution is 2.10. The normalized spacial score (nSPS) is 10.6. The Morgan fingerprint density at radius 1 is 1.44 bits per heavy atom. The van der Waals surface area contributed by atoms with E-state index >= 15 is 0 Å². The summed E-state index contributed by atoms with van der Waals surface area (Å²) in [6.07, 6.45) is -1.41. The Morgan fingerprint density at radius 2 is 2.00 bits per heavy atom. The Balaban J connectivity index is 0.000000385. The molecule has 1 atom stereocenters. The number of hydrogen-bond donors (Lipinski definition) is 2. The molecular weight excluding hydrogens is 212 g/mol. The fraction of sp³-hybridized carbons (Fsp3) is 0.273. The van der Waals surface area contributed by atoms with Crippen LogP contribution in [0.3, 0.4) is 0 Å². The molecule has 2 N–H and O–H groups in total. The number of benzene rings is 1. The van der Waals surface area contributed by atoms with E-state index in [-0.39, 0.29) is 0 Å². The molecule has 0 fully saturated rings. The highest BCUT2D eigenvalue weighted by atomic mass is 16.5. The van der Waals surface area contributed by atoms with Crippen molar-refractivity contribution in [2.75, 3.05) is 6.61 Å². The monoisotopic (exact) mass is 226 g/mol. The van der Waals surface area contributed by atoms with E-state index < -0.39 is 12.1 Å². The standard InChI is InChI=1S/C8H8O3.C3H6O2/c9-7(8(10)11)6-4-2-1-3-5-6;1-2-5-3-4/h1-5,7,9H,(H,10,11);3H,2H2,1H3. The summed E-state index contributed by atoms with van der Waals surface area (Å²) in [4.78, 5) is 19.4. The first kappa shape index (κ1) is 14.1. The molecule has 5 heteroatoms. The molecule has 0 aliphatic rings. The molecule has 0 spiro atoms. The predicted molar refractivity (Wildman–Crippen MR) is 56.7 cm³/mol. The number of carboxylic acid groups (broad SMARTS) is 1. The van der Waals surface area contributed by atoms with Crippen molar-refractivity contribution in [3.8, 4) is 0 Å². The van der Waals surface area contributed by atoms with Gasteiger partial charge in [-0.1, -0.05) is 30.3 Å². The lowest BCUT2D eigenvalue weighted by Gasteiger charge is -2.03. The second kappa shape index (κ2) is 8.43. The van der Waals surface area contributed by atoms with Crippen molar-refractivity contribution in [2.45, 2.75) is 13.0 Å². The highest BCUT2D eigenvalue weighted by Gasteiger charge is 2.14. The molecule has 88 valence electrons. The van der Waals surface area contributed by atoms with Crippen LogP contribution in [-0.2, 0) is 14.3 Å². The van der Waals surface area contributed by atoms with E-state index in [9.17, 15) is 9.59 Å². The van der Waals surface area contributed by atoms with Gasteiger partial charge in [-0.25, -0.2) is 4.79 Å². The number of ether oxygens (including phenoxy) is 1. The zero-order chi connectivity index (χ0) is 12.4. The Kier molecular flexibility index (Phi) is 7.44. The molecule has 0 heterocycles. The lowest BCUT2D eigenvalue weighted by molar-refractivity contribution is -0.147. The molecule has 16 heavy (non-hydrogen) atoms. The summed E-state index contributed by atoms with van der Waals surface area (Å²) in [5, 5.41) is 17.4. The van der Waals surface area contributed by atoms with Gasteiger partial charge in [-0.2, -0.15) is 0 Å². The zero-order valence-corrected chi connectivity index (χ0v) is 8.87. The summed E-state index contributed by atoms with van der Waals surface area (Å²) >= 11 is 0. The van der Waals surface area contributed by atoms with Crippen LogP contribution in [0.2, 0.25) is 0 Å². The molecule has 0 aliphatic heterocycles. The van der Waals surface area contributed by atoms with Crippen LogP contribution in [0.5, 0.6) is 0 Å². The number of carbonyl (C=O) groups excluding carboxylic acids is 1. The van der Waals surface area contributed by atoms with E-state index in [1.54, 1.807) is 37.3 Å². The average molecular weight is 226 g/mol. The minimum atomic E-state index is -1.41. The van der Waals surface area contributed by atoms with Gasteiger partial charge in [0.2, 0.25) is 0 Å². The molecule has 0 radical (unpaired) electrons. The Morgan fingerprint density at radius 3 is 2.31 bits per heavy atom. The second-order valence-corrected chi connectivity index (χ2v) is 2.70. The number of aliphatic hydroxyl groups excluding tert-OH is 1. The van der Waals surface area contributed by atoms with E-state index in [0.717, 1.165) is 0 Å². The van der Waals surface area contributed by atoms with Gasteiger partial charge in [-0.3, -0.25) is 4.79 Å². The van der Waals surface area contributed by atoms with Gasteiger partial charge in [0.1, 0.15) is 0 Å². The molecule has 5 nitrogen and oxygen atoms in total. The minimum Gasteiger partial charge on any atom is -0.479 e. The predicted octanol–water partition coefficient (Wildman–Crippen LogP) is 0.984. The van der Waals surface area contributed by atoms with Crippen molar-refractivity contribution in [1.29, 1.82) is 0 Å². The first-order valence-electron chi connectivity index (χ1n) is 4.64. The molecule has 0 saturated heterocycles. The van der Waals surface area contributed by atoms with Crippen molar-refractivity contribution >= 4 is 12.4 Å². The van der Waals surface area contributed by atoms with Gasteiger partial charge < -0.3 is 14.9 Å². The maximum absolute atomic E-state index is 10.2. The van der Waals surface area contributed by atoms with Crippen molar-refractivity contribution in [2.24, 2.45) is 0 Å². The lowest BCUT2D eigenvalue weighted by Crippen LogP contribution is -2.09. The van der Waals surface area contributed by atoms with Gasteiger partial charge in [-0.05, 0) is 12.5 Å². The molecule has 0 bridgehead atoms.